The Bertz CT molecular complexity index is 442. The molecule has 0 bridgehead atoms. The summed E-state index contributed by atoms with van der Waals surface area (Å²) in [4.78, 5) is 14.2. The van der Waals surface area contributed by atoms with Crippen LogP contribution in [-0.2, 0) is 11.2 Å². The summed E-state index contributed by atoms with van der Waals surface area (Å²) in [5, 5.41) is 9.67. The SMILES string of the molecule is Cc1ccccc1CC(=O)N1CCCC(C(C)O)C1. The summed E-state index contributed by atoms with van der Waals surface area (Å²) in [5.74, 6) is 0.411. The smallest absolute Gasteiger partial charge is 0.227 e. The van der Waals surface area contributed by atoms with Gasteiger partial charge in [-0.25, -0.2) is 0 Å². The van der Waals surface area contributed by atoms with Crippen molar-refractivity contribution in [3.05, 3.63) is 35.4 Å². The van der Waals surface area contributed by atoms with E-state index in [0.29, 0.717) is 13.0 Å². The molecule has 1 N–H and O–H groups in total. The first-order chi connectivity index (χ1) is 9.08. The van der Waals surface area contributed by atoms with Gasteiger partial charge in [-0.2, -0.15) is 0 Å². The molecule has 3 nitrogen and oxygen atoms in total. The van der Waals surface area contributed by atoms with Crippen LogP contribution >= 0.6 is 0 Å². The Morgan fingerprint density at radius 1 is 1.47 bits per heavy atom. The Kier molecular flexibility index (Phi) is 4.59. The highest BCUT2D eigenvalue weighted by molar-refractivity contribution is 5.79. The van der Waals surface area contributed by atoms with Crippen molar-refractivity contribution >= 4 is 5.91 Å². The molecule has 0 spiro atoms. The lowest BCUT2D eigenvalue weighted by atomic mass is 9.93. The Balaban J connectivity index is 1.98. The number of aliphatic hydroxyl groups excluding tert-OH is 1. The van der Waals surface area contributed by atoms with Crippen molar-refractivity contribution in [2.45, 2.75) is 39.2 Å². The Hall–Kier alpha value is -1.35. The molecule has 0 saturated carbocycles. The van der Waals surface area contributed by atoms with E-state index in [1.54, 1.807) is 0 Å². The molecule has 2 rings (SSSR count). The summed E-state index contributed by atoms with van der Waals surface area (Å²) in [5.41, 5.74) is 2.27. The molecule has 1 aromatic rings. The van der Waals surface area contributed by atoms with Gasteiger partial charge in [0.25, 0.3) is 0 Å². The van der Waals surface area contributed by atoms with E-state index < -0.39 is 0 Å². The van der Waals surface area contributed by atoms with Gasteiger partial charge in [-0.1, -0.05) is 24.3 Å². The van der Waals surface area contributed by atoms with Crippen LogP contribution in [0.25, 0.3) is 0 Å². The lowest BCUT2D eigenvalue weighted by Gasteiger charge is -2.34. The fourth-order valence-corrected chi connectivity index (χ4v) is 2.71. The van der Waals surface area contributed by atoms with Crippen LogP contribution in [0.1, 0.15) is 30.9 Å². The number of benzene rings is 1. The number of amides is 1. The molecule has 1 aliphatic rings. The Labute approximate surface area is 115 Å². The zero-order valence-corrected chi connectivity index (χ0v) is 11.8. The van der Waals surface area contributed by atoms with Crippen molar-refractivity contribution < 1.29 is 9.90 Å². The zero-order valence-electron chi connectivity index (χ0n) is 11.8. The number of piperidine rings is 1. The van der Waals surface area contributed by atoms with Gasteiger partial charge in [0.1, 0.15) is 0 Å². The minimum absolute atomic E-state index is 0.180. The first-order valence-corrected chi connectivity index (χ1v) is 7.08. The van der Waals surface area contributed by atoms with Gasteiger partial charge >= 0.3 is 0 Å². The fourth-order valence-electron chi connectivity index (χ4n) is 2.71. The molecular formula is C16H23NO2. The molecule has 1 amide bonds. The molecule has 2 atom stereocenters. The third kappa shape index (κ3) is 3.57. The van der Waals surface area contributed by atoms with E-state index >= 15 is 0 Å². The second kappa shape index (κ2) is 6.20. The van der Waals surface area contributed by atoms with Crippen molar-refractivity contribution in [1.82, 2.24) is 4.90 Å². The third-order valence-corrected chi connectivity index (χ3v) is 4.10. The van der Waals surface area contributed by atoms with Gasteiger partial charge < -0.3 is 10.0 Å². The van der Waals surface area contributed by atoms with Gasteiger partial charge in [0.15, 0.2) is 0 Å². The van der Waals surface area contributed by atoms with Crippen LogP contribution < -0.4 is 0 Å². The molecular weight excluding hydrogens is 238 g/mol. The first kappa shape index (κ1) is 14.1. The Morgan fingerprint density at radius 2 is 2.21 bits per heavy atom. The van der Waals surface area contributed by atoms with Crippen LogP contribution in [0.3, 0.4) is 0 Å². The summed E-state index contributed by atoms with van der Waals surface area (Å²) in [6.07, 6.45) is 2.16. The highest BCUT2D eigenvalue weighted by atomic mass is 16.3. The predicted octanol–water partition coefficient (Wildman–Crippen LogP) is 2.16. The summed E-state index contributed by atoms with van der Waals surface area (Å²) in [7, 11) is 0. The van der Waals surface area contributed by atoms with Crippen LogP contribution in [0.15, 0.2) is 24.3 Å². The van der Waals surface area contributed by atoms with Gasteiger partial charge in [0, 0.05) is 19.0 Å². The number of likely N-dealkylation sites (tertiary alicyclic amines) is 1. The number of carbonyl (C=O) groups is 1. The monoisotopic (exact) mass is 261 g/mol. The molecule has 104 valence electrons. The normalized spacial score (nSPS) is 21.2. The van der Waals surface area contributed by atoms with Gasteiger partial charge in [0.2, 0.25) is 5.91 Å². The third-order valence-electron chi connectivity index (χ3n) is 4.10. The number of rotatable bonds is 3. The van der Waals surface area contributed by atoms with Crippen LogP contribution in [0.2, 0.25) is 0 Å². The van der Waals surface area contributed by atoms with Crippen molar-refractivity contribution in [1.29, 1.82) is 0 Å². The predicted molar refractivity (Wildman–Crippen MR) is 75.9 cm³/mol. The topological polar surface area (TPSA) is 40.5 Å². The van der Waals surface area contributed by atoms with Crippen LogP contribution in [0.4, 0.5) is 0 Å². The maximum Gasteiger partial charge on any atom is 0.227 e. The van der Waals surface area contributed by atoms with Crippen LogP contribution in [0, 0.1) is 12.8 Å². The van der Waals surface area contributed by atoms with Gasteiger partial charge in [-0.3, -0.25) is 4.79 Å². The van der Waals surface area contributed by atoms with E-state index in [-0.39, 0.29) is 17.9 Å². The molecule has 1 aliphatic heterocycles. The number of aliphatic hydroxyl groups is 1. The summed E-state index contributed by atoms with van der Waals surface area (Å²) in [6.45, 7) is 5.38. The standard InChI is InChI=1S/C16H23NO2/c1-12-6-3-4-7-14(12)10-16(19)17-9-5-8-15(11-17)13(2)18/h3-4,6-7,13,15,18H,5,8-11H2,1-2H3. The lowest BCUT2D eigenvalue weighted by molar-refractivity contribution is -0.133. The second-order valence-corrected chi connectivity index (χ2v) is 5.59. The van der Waals surface area contributed by atoms with E-state index in [1.165, 1.54) is 5.56 Å². The Morgan fingerprint density at radius 3 is 2.89 bits per heavy atom. The number of nitrogens with zero attached hydrogens (tertiary/aromatic N) is 1. The number of hydrogen-bond acceptors (Lipinski definition) is 2. The molecule has 0 radical (unpaired) electrons. The minimum Gasteiger partial charge on any atom is -0.393 e. The number of carbonyl (C=O) groups excluding carboxylic acids is 1. The van der Waals surface area contributed by atoms with Crippen molar-refractivity contribution in [3.63, 3.8) is 0 Å². The molecule has 3 heteroatoms. The summed E-state index contributed by atoms with van der Waals surface area (Å²) >= 11 is 0. The maximum atomic E-state index is 12.3. The first-order valence-electron chi connectivity index (χ1n) is 7.08. The van der Waals surface area contributed by atoms with Crippen molar-refractivity contribution in [2.24, 2.45) is 5.92 Å². The quantitative estimate of drug-likeness (QED) is 0.905. The van der Waals surface area contributed by atoms with Crippen molar-refractivity contribution in [3.8, 4) is 0 Å². The zero-order chi connectivity index (χ0) is 13.8. The van der Waals surface area contributed by atoms with E-state index in [0.717, 1.165) is 24.9 Å². The molecule has 0 aromatic heterocycles. The molecule has 0 aliphatic carbocycles. The summed E-state index contributed by atoms with van der Waals surface area (Å²) < 4.78 is 0. The van der Waals surface area contributed by atoms with Crippen LogP contribution in [-0.4, -0.2) is 35.1 Å². The molecule has 19 heavy (non-hydrogen) atoms. The average Bonchev–Trinajstić information content (AvgIpc) is 2.41. The van der Waals surface area contributed by atoms with E-state index in [2.05, 4.69) is 0 Å². The summed E-state index contributed by atoms with van der Waals surface area (Å²) in [6, 6.07) is 8.03. The molecule has 1 saturated heterocycles. The van der Waals surface area contributed by atoms with E-state index in [1.807, 2.05) is 43.0 Å². The molecule has 1 aromatic carbocycles. The van der Waals surface area contributed by atoms with E-state index in [9.17, 15) is 9.90 Å². The molecule has 1 heterocycles. The van der Waals surface area contributed by atoms with Crippen molar-refractivity contribution in [2.75, 3.05) is 13.1 Å². The van der Waals surface area contributed by atoms with Gasteiger partial charge in [-0.05, 0) is 37.8 Å². The van der Waals surface area contributed by atoms with Gasteiger partial charge in [0.05, 0.1) is 12.5 Å². The maximum absolute atomic E-state index is 12.3. The second-order valence-electron chi connectivity index (χ2n) is 5.59. The van der Waals surface area contributed by atoms with Crippen LogP contribution in [0.5, 0.6) is 0 Å². The number of aryl methyl sites for hydroxylation is 1. The average molecular weight is 261 g/mol. The van der Waals surface area contributed by atoms with E-state index in [4.69, 9.17) is 0 Å². The number of hydrogen-bond donors (Lipinski definition) is 1. The highest BCUT2D eigenvalue weighted by Gasteiger charge is 2.26. The highest BCUT2D eigenvalue weighted by Crippen LogP contribution is 2.20. The molecule has 1 fully saturated rings. The minimum atomic E-state index is -0.325. The lowest BCUT2D eigenvalue weighted by Crippen LogP contribution is -2.43. The fraction of sp³-hybridized carbons (Fsp3) is 0.562. The molecule has 2 unspecified atom stereocenters. The largest absolute Gasteiger partial charge is 0.393 e. The van der Waals surface area contributed by atoms with Gasteiger partial charge in [-0.15, -0.1) is 0 Å².